The van der Waals surface area contributed by atoms with Crippen LogP contribution in [0.5, 0.6) is 0 Å². The third kappa shape index (κ3) is 4.27. The SMILES string of the molecule is Cc1sc(-c2cccc(CCCO)c2C(N)=O)cc1C(=O)Nc1ncc(F)s1. The lowest BCUT2D eigenvalue weighted by Crippen LogP contribution is -2.15. The van der Waals surface area contributed by atoms with E-state index in [1.165, 1.54) is 11.3 Å². The zero-order chi connectivity index (χ0) is 20.3. The minimum absolute atomic E-state index is 0.0161. The number of rotatable bonds is 7. The van der Waals surface area contributed by atoms with E-state index in [4.69, 9.17) is 10.8 Å². The number of hydrogen-bond donors (Lipinski definition) is 3. The van der Waals surface area contributed by atoms with Crippen molar-refractivity contribution in [3.63, 3.8) is 0 Å². The molecule has 3 aromatic rings. The average molecular weight is 420 g/mol. The third-order valence-electron chi connectivity index (χ3n) is 4.13. The summed E-state index contributed by atoms with van der Waals surface area (Å²) in [5, 5.41) is 11.4. The van der Waals surface area contributed by atoms with Crippen molar-refractivity contribution in [2.24, 2.45) is 5.73 Å². The molecule has 2 heterocycles. The van der Waals surface area contributed by atoms with Crippen LogP contribution in [0.4, 0.5) is 9.52 Å². The van der Waals surface area contributed by atoms with Gasteiger partial charge in [-0.25, -0.2) is 4.98 Å². The van der Waals surface area contributed by atoms with E-state index in [1.807, 2.05) is 12.1 Å². The molecule has 0 saturated heterocycles. The first-order valence-corrected chi connectivity index (χ1v) is 10.1. The van der Waals surface area contributed by atoms with Crippen LogP contribution in [0.1, 0.15) is 37.6 Å². The number of benzene rings is 1. The molecule has 0 aliphatic rings. The van der Waals surface area contributed by atoms with Gasteiger partial charge in [0.2, 0.25) is 5.91 Å². The molecule has 0 atom stereocenters. The maximum atomic E-state index is 13.1. The number of aliphatic hydroxyl groups is 1. The number of primary amides is 1. The number of carbonyl (C=O) groups excluding carboxylic acids is 2. The zero-order valence-electron chi connectivity index (χ0n) is 15.0. The van der Waals surface area contributed by atoms with Gasteiger partial charge < -0.3 is 10.8 Å². The van der Waals surface area contributed by atoms with E-state index in [-0.39, 0.29) is 11.7 Å². The van der Waals surface area contributed by atoms with Crippen molar-refractivity contribution in [3.05, 3.63) is 57.2 Å². The van der Waals surface area contributed by atoms with E-state index in [9.17, 15) is 14.0 Å². The molecule has 0 spiro atoms. The maximum Gasteiger partial charge on any atom is 0.258 e. The van der Waals surface area contributed by atoms with Crippen molar-refractivity contribution in [1.29, 1.82) is 0 Å². The zero-order valence-corrected chi connectivity index (χ0v) is 16.6. The first-order chi connectivity index (χ1) is 13.4. The summed E-state index contributed by atoms with van der Waals surface area (Å²) in [6, 6.07) is 7.11. The fourth-order valence-electron chi connectivity index (χ4n) is 2.89. The second kappa shape index (κ2) is 8.59. The molecule has 28 heavy (non-hydrogen) atoms. The molecule has 0 unspecified atom stereocenters. The second-order valence-electron chi connectivity index (χ2n) is 6.04. The highest BCUT2D eigenvalue weighted by Crippen LogP contribution is 2.35. The fraction of sp³-hybridized carbons (Fsp3) is 0.211. The summed E-state index contributed by atoms with van der Waals surface area (Å²) in [5.41, 5.74) is 7.84. The number of aryl methyl sites for hydroxylation is 2. The van der Waals surface area contributed by atoms with Crippen molar-refractivity contribution < 1.29 is 19.1 Å². The lowest BCUT2D eigenvalue weighted by atomic mass is 9.96. The predicted molar refractivity (Wildman–Crippen MR) is 108 cm³/mol. The van der Waals surface area contributed by atoms with E-state index in [1.54, 1.807) is 19.1 Å². The number of aliphatic hydroxyl groups excluding tert-OH is 1. The topological polar surface area (TPSA) is 105 Å². The summed E-state index contributed by atoms with van der Waals surface area (Å²) in [6.45, 7) is 1.81. The van der Waals surface area contributed by atoms with Crippen LogP contribution < -0.4 is 11.1 Å². The van der Waals surface area contributed by atoms with Gasteiger partial charge in [-0.05, 0) is 31.4 Å². The van der Waals surface area contributed by atoms with Gasteiger partial charge in [0.25, 0.3) is 5.91 Å². The Morgan fingerprint density at radius 3 is 2.75 bits per heavy atom. The lowest BCUT2D eigenvalue weighted by molar-refractivity contribution is 0.0997. The van der Waals surface area contributed by atoms with E-state index in [2.05, 4.69) is 10.3 Å². The number of nitrogens with zero attached hydrogens (tertiary/aromatic N) is 1. The van der Waals surface area contributed by atoms with Gasteiger partial charge in [0.15, 0.2) is 10.3 Å². The number of thiophene rings is 1. The highest BCUT2D eigenvalue weighted by Gasteiger charge is 2.20. The number of thiazole rings is 1. The molecule has 2 amide bonds. The lowest BCUT2D eigenvalue weighted by Gasteiger charge is -2.11. The van der Waals surface area contributed by atoms with Gasteiger partial charge in [0, 0.05) is 21.9 Å². The molecule has 1 aromatic carbocycles. The normalized spacial score (nSPS) is 10.8. The van der Waals surface area contributed by atoms with Gasteiger partial charge in [-0.15, -0.1) is 11.3 Å². The van der Waals surface area contributed by atoms with Crippen LogP contribution in [0.15, 0.2) is 30.5 Å². The molecule has 3 rings (SSSR count). The second-order valence-corrected chi connectivity index (χ2v) is 8.27. The Labute approximate surface area is 168 Å². The van der Waals surface area contributed by atoms with Crippen molar-refractivity contribution in [2.75, 3.05) is 11.9 Å². The fourth-order valence-corrected chi connectivity index (χ4v) is 4.48. The molecule has 4 N–H and O–H groups in total. The predicted octanol–water partition coefficient (Wildman–Crippen LogP) is 3.60. The first-order valence-electron chi connectivity index (χ1n) is 8.46. The van der Waals surface area contributed by atoms with E-state index in [0.29, 0.717) is 29.5 Å². The van der Waals surface area contributed by atoms with Crippen LogP contribution in [0.3, 0.4) is 0 Å². The molecule has 6 nitrogen and oxygen atoms in total. The number of aromatic nitrogens is 1. The molecule has 0 aliphatic carbocycles. The molecule has 0 radical (unpaired) electrons. The Bertz CT molecular complexity index is 1030. The summed E-state index contributed by atoms with van der Waals surface area (Å²) in [4.78, 5) is 29.9. The van der Waals surface area contributed by atoms with Crippen LogP contribution in [0.2, 0.25) is 0 Å². The molecule has 0 saturated carbocycles. The molecule has 146 valence electrons. The summed E-state index contributed by atoms with van der Waals surface area (Å²) < 4.78 is 13.1. The van der Waals surface area contributed by atoms with E-state index < -0.39 is 16.9 Å². The van der Waals surface area contributed by atoms with Gasteiger partial charge in [-0.2, -0.15) is 4.39 Å². The largest absolute Gasteiger partial charge is 0.396 e. The molecular formula is C19H18FN3O3S2. The number of nitrogens with one attached hydrogen (secondary N) is 1. The number of halogens is 1. The summed E-state index contributed by atoms with van der Waals surface area (Å²) in [7, 11) is 0. The molecule has 9 heteroatoms. The molecule has 2 aromatic heterocycles. The monoisotopic (exact) mass is 419 g/mol. The summed E-state index contributed by atoms with van der Waals surface area (Å²) >= 11 is 2.11. The Morgan fingerprint density at radius 1 is 1.32 bits per heavy atom. The Balaban J connectivity index is 1.96. The van der Waals surface area contributed by atoms with Crippen LogP contribution in [-0.2, 0) is 6.42 Å². The average Bonchev–Trinajstić information content (AvgIpc) is 3.24. The van der Waals surface area contributed by atoms with Crippen molar-refractivity contribution in [1.82, 2.24) is 4.98 Å². The highest BCUT2D eigenvalue weighted by atomic mass is 32.1. The van der Waals surface area contributed by atoms with E-state index >= 15 is 0 Å². The Kier molecular flexibility index (Phi) is 6.18. The van der Waals surface area contributed by atoms with Gasteiger partial charge in [-0.1, -0.05) is 29.5 Å². The molecular weight excluding hydrogens is 401 g/mol. The smallest absolute Gasteiger partial charge is 0.258 e. The van der Waals surface area contributed by atoms with Gasteiger partial charge in [-0.3, -0.25) is 14.9 Å². The molecule has 0 aliphatic heterocycles. The number of amides is 2. The third-order valence-corrected chi connectivity index (χ3v) is 5.91. The van der Waals surface area contributed by atoms with Crippen molar-refractivity contribution in [3.8, 4) is 10.4 Å². The van der Waals surface area contributed by atoms with Crippen LogP contribution >= 0.6 is 22.7 Å². The van der Waals surface area contributed by atoms with E-state index in [0.717, 1.165) is 32.9 Å². The van der Waals surface area contributed by atoms with Gasteiger partial charge in [0.05, 0.1) is 17.3 Å². The first kappa shape index (κ1) is 20.1. The number of nitrogens with two attached hydrogens (primary N) is 1. The number of anilines is 1. The quantitative estimate of drug-likeness (QED) is 0.544. The van der Waals surface area contributed by atoms with Crippen molar-refractivity contribution >= 4 is 39.6 Å². The van der Waals surface area contributed by atoms with Crippen LogP contribution in [0.25, 0.3) is 10.4 Å². The Morgan fingerprint density at radius 2 is 2.11 bits per heavy atom. The van der Waals surface area contributed by atoms with Crippen LogP contribution in [0, 0.1) is 12.1 Å². The minimum atomic E-state index is -0.557. The summed E-state index contributed by atoms with van der Waals surface area (Å²) in [6.07, 6.45) is 2.09. The summed E-state index contributed by atoms with van der Waals surface area (Å²) in [5.74, 6) is -0.953. The highest BCUT2D eigenvalue weighted by molar-refractivity contribution is 7.16. The van der Waals surface area contributed by atoms with Crippen molar-refractivity contribution in [2.45, 2.75) is 19.8 Å². The minimum Gasteiger partial charge on any atom is -0.396 e. The Hall–Kier alpha value is -2.62. The standard InChI is InChI=1S/C19H18FN3O3S2/c1-10-13(18(26)23-19-22-9-15(20)28-19)8-14(27-10)12-6-2-4-11(5-3-7-24)16(12)17(21)25/h2,4,6,8-9,24H,3,5,7H2,1H3,(H2,21,25)(H,22,23,26). The van der Waals surface area contributed by atoms with Gasteiger partial charge >= 0.3 is 0 Å². The molecule has 0 bridgehead atoms. The van der Waals surface area contributed by atoms with Gasteiger partial charge in [0.1, 0.15) is 0 Å². The molecule has 0 fully saturated rings. The number of carbonyl (C=O) groups is 2. The number of hydrogen-bond acceptors (Lipinski definition) is 6. The maximum absolute atomic E-state index is 13.1. The van der Waals surface area contributed by atoms with Crippen LogP contribution in [-0.4, -0.2) is 28.5 Å².